The summed E-state index contributed by atoms with van der Waals surface area (Å²) < 4.78 is 13.4. The van der Waals surface area contributed by atoms with Gasteiger partial charge >= 0.3 is 11.7 Å². The van der Waals surface area contributed by atoms with Crippen molar-refractivity contribution in [3.63, 3.8) is 0 Å². The third kappa shape index (κ3) is 4.65. The maximum atomic E-state index is 13.4. The van der Waals surface area contributed by atoms with Crippen LogP contribution in [0.4, 0.5) is 20.6 Å². The van der Waals surface area contributed by atoms with Crippen LogP contribution in [0.25, 0.3) is 0 Å². The zero-order valence-electron chi connectivity index (χ0n) is 14.3. The van der Waals surface area contributed by atoms with Crippen molar-refractivity contribution in [2.45, 2.75) is 45.2 Å². The molecule has 3 amide bonds. The Kier molecular flexibility index (Phi) is 5.24. The van der Waals surface area contributed by atoms with Crippen molar-refractivity contribution < 1.29 is 18.9 Å². The molecule has 1 aromatic rings. The van der Waals surface area contributed by atoms with Crippen LogP contribution < -0.4 is 10.6 Å². The number of carbonyl (C=O) groups excluding carboxylic acids is 2. The number of nitro groups is 1. The molecular weight excluding hydrogens is 331 g/mol. The number of halogens is 1. The summed E-state index contributed by atoms with van der Waals surface area (Å²) in [5.41, 5.74) is -1.04. The van der Waals surface area contributed by atoms with E-state index >= 15 is 0 Å². The van der Waals surface area contributed by atoms with Gasteiger partial charge in [-0.3, -0.25) is 14.9 Å². The first kappa shape index (κ1) is 18.6. The van der Waals surface area contributed by atoms with E-state index in [1.165, 1.54) is 11.0 Å². The summed E-state index contributed by atoms with van der Waals surface area (Å²) in [4.78, 5) is 36.1. The molecule has 2 N–H and O–H groups in total. The summed E-state index contributed by atoms with van der Waals surface area (Å²) in [5.74, 6) is -1.23. The molecular formula is C16H21FN4O4. The van der Waals surface area contributed by atoms with Crippen LogP contribution in [-0.4, -0.2) is 39.9 Å². The summed E-state index contributed by atoms with van der Waals surface area (Å²) in [6, 6.07) is 1.96. The molecule has 0 radical (unpaired) electrons. The number of carbonyl (C=O) groups is 2. The maximum absolute atomic E-state index is 13.4. The van der Waals surface area contributed by atoms with Crippen molar-refractivity contribution in [3.8, 4) is 0 Å². The molecule has 0 saturated carbocycles. The lowest BCUT2D eigenvalue weighted by molar-refractivity contribution is -0.387. The number of nitrogens with zero attached hydrogens (tertiary/aromatic N) is 2. The van der Waals surface area contributed by atoms with Crippen LogP contribution in [0.15, 0.2) is 18.2 Å². The van der Waals surface area contributed by atoms with Gasteiger partial charge in [-0.1, -0.05) is 0 Å². The Morgan fingerprint density at radius 1 is 1.36 bits per heavy atom. The van der Waals surface area contributed by atoms with E-state index in [0.717, 1.165) is 12.1 Å². The Balaban J connectivity index is 2.11. The van der Waals surface area contributed by atoms with Crippen LogP contribution in [0.3, 0.4) is 0 Å². The number of urea groups is 1. The van der Waals surface area contributed by atoms with E-state index in [4.69, 9.17) is 0 Å². The number of likely N-dealkylation sites (tertiary alicyclic amines) is 1. The van der Waals surface area contributed by atoms with E-state index in [1.54, 1.807) is 0 Å². The summed E-state index contributed by atoms with van der Waals surface area (Å²) in [7, 11) is 0. The molecule has 1 saturated heterocycles. The normalized spacial score (nSPS) is 17.3. The number of nitro benzene ring substituents is 1. The van der Waals surface area contributed by atoms with Gasteiger partial charge in [0.2, 0.25) is 11.7 Å². The minimum Gasteiger partial charge on any atom is -0.350 e. The lowest BCUT2D eigenvalue weighted by atomic mass is 10.1. The molecule has 25 heavy (non-hydrogen) atoms. The molecule has 136 valence electrons. The van der Waals surface area contributed by atoms with Gasteiger partial charge in [-0.2, -0.15) is 4.39 Å². The first-order valence-electron chi connectivity index (χ1n) is 7.92. The topological polar surface area (TPSA) is 105 Å². The van der Waals surface area contributed by atoms with Gasteiger partial charge in [0.25, 0.3) is 0 Å². The number of anilines is 1. The number of hydrogen-bond donors (Lipinski definition) is 2. The predicted molar refractivity (Wildman–Crippen MR) is 89.7 cm³/mol. The van der Waals surface area contributed by atoms with Crippen molar-refractivity contribution in [3.05, 3.63) is 34.1 Å². The number of hydrogen-bond acceptors (Lipinski definition) is 4. The van der Waals surface area contributed by atoms with E-state index in [1.807, 2.05) is 20.8 Å². The molecule has 9 heteroatoms. The predicted octanol–water partition coefficient (Wildman–Crippen LogP) is 2.64. The zero-order chi connectivity index (χ0) is 18.8. The highest BCUT2D eigenvalue weighted by atomic mass is 19.1. The van der Waals surface area contributed by atoms with E-state index in [0.29, 0.717) is 19.4 Å². The lowest BCUT2D eigenvalue weighted by Crippen LogP contribution is -2.52. The molecule has 1 atom stereocenters. The van der Waals surface area contributed by atoms with Gasteiger partial charge in [0.15, 0.2) is 0 Å². The SMILES string of the molecule is CC(C)(C)NC(=O)C1CCCN1C(=O)Nc1ccc(F)c([N+](=O)[O-])c1. The first-order valence-corrected chi connectivity index (χ1v) is 7.92. The fourth-order valence-electron chi connectivity index (χ4n) is 2.66. The molecule has 1 aromatic carbocycles. The van der Waals surface area contributed by atoms with Crippen molar-refractivity contribution in [2.75, 3.05) is 11.9 Å². The fraction of sp³-hybridized carbons (Fsp3) is 0.500. The van der Waals surface area contributed by atoms with Gasteiger partial charge in [-0.05, 0) is 45.7 Å². The van der Waals surface area contributed by atoms with Gasteiger partial charge in [-0.15, -0.1) is 0 Å². The highest BCUT2D eigenvalue weighted by Gasteiger charge is 2.35. The van der Waals surface area contributed by atoms with E-state index < -0.39 is 34.0 Å². The minimum absolute atomic E-state index is 0.0972. The Labute approximate surface area is 144 Å². The highest BCUT2D eigenvalue weighted by molar-refractivity contribution is 5.94. The second-order valence-corrected chi connectivity index (χ2v) is 6.94. The smallest absolute Gasteiger partial charge is 0.322 e. The first-order chi connectivity index (χ1) is 11.6. The van der Waals surface area contributed by atoms with Gasteiger partial charge < -0.3 is 15.5 Å². The van der Waals surface area contributed by atoms with Gasteiger partial charge in [0, 0.05) is 23.8 Å². The van der Waals surface area contributed by atoms with Crippen molar-refractivity contribution in [1.29, 1.82) is 0 Å². The molecule has 1 fully saturated rings. The van der Waals surface area contributed by atoms with Crippen LogP contribution in [-0.2, 0) is 4.79 Å². The van der Waals surface area contributed by atoms with Crippen molar-refractivity contribution >= 4 is 23.3 Å². The van der Waals surface area contributed by atoms with E-state index in [2.05, 4.69) is 10.6 Å². The average molecular weight is 352 g/mol. The van der Waals surface area contributed by atoms with Crippen molar-refractivity contribution in [2.24, 2.45) is 0 Å². The third-order valence-electron chi connectivity index (χ3n) is 3.71. The van der Waals surface area contributed by atoms with Crippen LogP contribution in [0.2, 0.25) is 0 Å². The van der Waals surface area contributed by atoms with E-state index in [9.17, 15) is 24.1 Å². The molecule has 0 spiro atoms. The summed E-state index contributed by atoms with van der Waals surface area (Å²) in [5, 5.41) is 16.1. The number of benzene rings is 1. The monoisotopic (exact) mass is 352 g/mol. The van der Waals surface area contributed by atoms with E-state index in [-0.39, 0.29) is 11.6 Å². The Morgan fingerprint density at radius 3 is 2.64 bits per heavy atom. The highest BCUT2D eigenvalue weighted by Crippen LogP contribution is 2.24. The zero-order valence-corrected chi connectivity index (χ0v) is 14.3. The molecule has 0 aliphatic carbocycles. The van der Waals surface area contributed by atoms with Crippen LogP contribution >= 0.6 is 0 Å². The molecule has 0 bridgehead atoms. The molecule has 2 rings (SSSR count). The summed E-state index contributed by atoms with van der Waals surface area (Å²) in [6.45, 7) is 5.95. The second-order valence-electron chi connectivity index (χ2n) is 6.94. The molecule has 1 aliphatic heterocycles. The molecule has 1 unspecified atom stereocenters. The van der Waals surface area contributed by atoms with Crippen LogP contribution in [0, 0.1) is 15.9 Å². The molecule has 1 aliphatic rings. The average Bonchev–Trinajstić information content (AvgIpc) is 2.97. The van der Waals surface area contributed by atoms with Gasteiger partial charge in [0.05, 0.1) is 4.92 Å². The number of nitrogens with one attached hydrogen (secondary N) is 2. The molecule has 0 aromatic heterocycles. The molecule has 1 heterocycles. The van der Waals surface area contributed by atoms with Crippen LogP contribution in [0.5, 0.6) is 0 Å². The Bertz CT molecular complexity index is 702. The quantitative estimate of drug-likeness (QED) is 0.644. The number of amides is 3. The molecule has 8 nitrogen and oxygen atoms in total. The fourth-order valence-corrected chi connectivity index (χ4v) is 2.66. The maximum Gasteiger partial charge on any atom is 0.322 e. The third-order valence-corrected chi connectivity index (χ3v) is 3.71. The summed E-state index contributed by atoms with van der Waals surface area (Å²) in [6.07, 6.45) is 1.22. The minimum atomic E-state index is -0.980. The lowest BCUT2D eigenvalue weighted by Gasteiger charge is -2.28. The van der Waals surface area contributed by atoms with Crippen molar-refractivity contribution in [1.82, 2.24) is 10.2 Å². The van der Waals surface area contributed by atoms with Crippen LogP contribution in [0.1, 0.15) is 33.6 Å². The van der Waals surface area contributed by atoms with Gasteiger partial charge in [-0.25, -0.2) is 4.79 Å². The standard InChI is InChI=1S/C16H21FN4O4/c1-16(2,3)19-14(22)12-5-4-8-20(12)15(23)18-10-6-7-11(17)13(9-10)21(24)25/h6-7,9,12H,4-5,8H2,1-3H3,(H,18,23)(H,19,22). The van der Waals surface area contributed by atoms with Gasteiger partial charge in [0.1, 0.15) is 6.04 Å². The largest absolute Gasteiger partial charge is 0.350 e. The Hall–Kier alpha value is -2.71. The number of rotatable bonds is 3. The summed E-state index contributed by atoms with van der Waals surface area (Å²) >= 11 is 0. The Morgan fingerprint density at radius 2 is 2.04 bits per heavy atom. The second kappa shape index (κ2) is 7.04.